The van der Waals surface area contributed by atoms with Gasteiger partial charge in [0.05, 0.1) is 30.4 Å². The molecule has 0 saturated carbocycles. The van der Waals surface area contributed by atoms with Crippen LogP contribution in [0.2, 0.25) is 0 Å². The maximum atomic E-state index is 13.1. The molecule has 1 aliphatic rings. The summed E-state index contributed by atoms with van der Waals surface area (Å²) in [5.74, 6) is 0. The van der Waals surface area contributed by atoms with E-state index >= 15 is 0 Å². The van der Waals surface area contributed by atoms with E-state index in [-0.39, 0.29) is 17.7 Å². The van der Waals surface area contributed by atoms with E-state index in [1.165, 1.54) is 6.92 Å². The number of hydrogen-bond donors (Lipinski definition) is 0. The molecule has 0 aromatic heterocycles. The molecule has 1 aliphatic heterocycles. The van der Waals surface area contributed by atoms with Crippen LogP contribution in [0.4, 0.5) is 26.3 Å². The summed E-state index contributed by atoms with van der Waals surface area (Å²) in [6, 6.07) is 10.4. The molecule has 0 unspecified atom stereocenters. The molecule has 1 saturated heterocycles. The average molecular weight is 419 g/mol. The van der Waals surface area contributed by atoms with Gasteiger partial charge < -0.3 is 4.74 Å². The summed E-state index contributed by atoms with van der Waals surface area (Å²) >= 11 is 0. The number of nitrogens with zero attached hydrogens (tertiary/aromatic N) is 1. The van der Waals surface area contributed by atoms with E-state index in [0.29, 0.717) is 31.9 Å². The summed E-state index contributed by atoms with van der Waals surface area (Å²) in [6.07, 6.45) is -10.8. The molecule has 3 nitrogen and oxygen atoms in total. The first-order valence-electron chi connectivity index (χ1n) is 8.91. The monoisotopic (exact) mass is 419 g/mol. The standard InChI is InChI=1S/C20H19F6NO2/c1-13(15-9-16(19(21,22)23)11-17(10-15)20(24,25)26)29-27-7-8-28-12-18(27)14-5-3-2-4-6-14/h2-6,9-11,13,18H,7-8,12H2,1H3/t13-,18-/m1/s1. The maximum Gasteiger partial charge on any atom is 0.416 e. The smallest absolute Gasteiger partial charge is 0.378 e. The zero-order chi connectivity index (χ0) is 21.2. The molecular weight excluding hydrogens is 400 g/mol. The molecule has 2 aromatic carbocycles. The topological polar surface area (TPSA) is 21.7 Å². The van der Waals surface area contributed by atoms with Gasteiger partial charge in [-0.2, -0.15) is 31.4 Å². The fourth-order valence-electron chi connectivity index (χ4n) is 3.13. The molecule has 0 amide bonds. The van der Waals surface area contributed by atoms with Crippen molar-refractivity contribution >= 4 is 0 Å². The Bertz CT molecular complexity index is 790. The molecule has 3 rings (SSSR count). The van der Waals surface area contributed by atoms with Crippen molar-refractivity contribution in [2.75, 3.05) is 19.8 Å². The lowest BCUT2D eigenvalue weighted by atomic mass is 10.0. The lowest BCUT2D eigenvalue weighted by Gasteiger charge is -2.36. The van der Waals surface area contributed by atoms with Gasteiger partial charge in [0.15, 0.2) is 0 Å². The second-order valence-electron chi connectivity index (χ2n) is 6.73. The summed E-state index contributed by atoms with van der Waals surface area (Å²) in [7, 11) is 0. The number of hydroxylamine groups is 2. The van der Waals surface area contributed by atoms with Crippen molar-refractivity contribution < 1.29 is 35.9 Å². The summed E-state index contributed by atoms with van der Waals surface area (Å²) in [4.78, 5) is 5.80. The summed E-state index contributed by atoms with van der Waals surface area (Å²) < 4.78 is 84.1. The molecule has 0 bridgehead atoms. The minimum atomic E-state index is -4.90. The van der Waals surface area contributed by atoms with Crippen LogP contribution in [-0.2, 0) is 21.9 Å². The molecule has 29 heavy (non-hydrogen) atoms. The van der Waals surface area contributed by atoms with E-state index in [4.69, 9.17) is 9.57 Å². The van der Waals surface area contributed by atoms with Crippen molar-refractivity contribution in [1.29, 1.82) is 0 Å². The van der Waals surface area contributed by atoms with E-state index < -0.39 is 29.6 Å². The van der Waals surface area contributed by atoms with Gasteiger partial charge in [0.1, 0.15) is 6.10 Å². The van der Waals surface area contributed by atoms with E-state index in [1.54, 1.807) is 5.06 Å². The molecule has 0 aliphatic carbocycles. The quantitative estimate of drug-likeness (QED) is 0.586. The molecular formula is C20H19F6NO2. The molecule has 2 aromatic rings. The fourth-order valence-corrected chi connectivity index (χ4v) is 3.13. The van der Waals surface area contributed by atoms with Gasteiger partial charge in [-0.15, -0.1) is 0 Å². The van der Waals surface area contributed by atoms with Gasteiger partial charge in [0.25, 0.3) is 0 Å². The SMILES string of the molecule is C[C@@H](ON1CCOC[C@@H]1c1ccccc1)c1cc(C(F)(F)F)cc(C(F)(F)F)c1. The van der Waals surface area contributed by atoms with Crippen molar-refractivity contribution in [3.05, 3.63) is 70.8 Å². The Morgan fingerprint density at radius 2 is 1.55 bits per heavy atom. The third-order valence-electron chi connectivity index (χ3n) is 4.64. The van der Waals surface area contributed by atoms with Gasteiger partial charge in [-0.25, -0.2) is 0 Å². The Labute approximate surface area is 163 Å². The van der Waals surface area contributed by atoms with Crippen LogP contribution in [-0.4, -0.2) is 24.8 Å². The molecule has 158 valence electrons. The van der Waals surface area contributed by atoms with Crippen LogP contribution in [0.25, 0.3) is 0 Å². The molecule has 0 spiro atoms. The fraction of sp³-hybridized carbons (Fsp3) is 0.400. The molecule has 1 fully saturated rings. The Morgan fingerprint density at radius 1 is 0.966 bits per heavy atom. The second kappa shape index (κ2) is 8.33. The molecule has 2 atom stereocenters. The van der Waals surface area contributed by atoms with Gasteiger partial charge in [-0.05, 0) is 36.2 Å². The number of benzene rings is 2. The Balaban J connectivity index is 1.88. The lowest BCUT2D eigenvalue weighted by molar-refractivity contribution is -0.253. The van der Waals surface area contributed by atoms with Crippen molar-refractivity contribution in [2.45, 2.75) is 31.4 Å². The summed E-state index contributed by atoms with van der Waals surface area (Å²) in [5, 5.41) is 1.55. The molecule has 0 N–H and O–H groups in total. The second-order valence-corrected chi connectivity index (χ2v) is 6.73. The van der Waals surface area contributed by atoms with Crippen LogP contribution in [0.5, 0.6) is 0 Å². The first kappa shape index (κ1) is 21.6. The Morgan fingerprint density at radius 3 is 2.10 bits per heavy atom. The van der Waals surface area contributed by atoms with Crippen LogP contribution in [0.3, 0.4) is 0 Å². The highest BCUT2D eigenvalue weighted by Gasteiger charge is 2.38. The lowest BCUT2D eigenvalue weighted by Crippen LogP contribution is -2.40. The van der Waals surface area contributed by atoms with Crippen molar-refractivity contribution in [3.63, 3.8) is 0 Å². The van der Waals surface area contributed by atoms with E-state index in [1.807, 2.05) is 30.3 Å². The number of morpholine rings is 1. The zero-order valence-electron chi connectivity index (χ0n) is 15.4. The van der Waals surface area contributed by atoms with Crippen molar-refractivity contribution in [2.24, 2.45) is 0 Å². The molecule has 9 heteroatoms. The number of ether oxygens (including phenoxy) is 1. The van der Waals surface area contributed by atoms with Gasteiger partial charge in [-0.1, -0.05) is 30.3 Å². The third kappa shape index (κ3) is 5.29. The minimum absolute atomic E-state index is 0.109. The molecule has 0 radical (unpaired) electrons. The van der Waals surface area contributed by atoms with Crippen molar-refractivity contribution in [3.8, 4) is 0 Å². The van der Waals surface area contributed by atoms with Gasteiger partial charge >= 0.3 is 12.4 Å². The first-order chi connectivity index (χ1) is 13.6. The van der Waals surface area contributed by atoms with Gasteiger partial charge in [0.2, 0.25) is 0 Å². The van der Waals surface area contributed by atoms with E-state index in [9.17, 15) is 26.3 Å². The van der Waals surface area contributed by atoms with E-state index in [2.05, 4.69) is 0 Å². The predicted molar refractivity (Wildman–Crippen MR) is 92.7 cm³/mol. The zero-order valence-corrected chi connectivity index (χ0v) is 15.4. The normalized spacial score (nSPS) is 19.9. The molecule has 1 heterocycles. The maximum absolute atomic E-state index is 13.1. The van der Waals surface area contributed by atoms with Crippen molar-refractivity contribution in [1.82, 2.24) is 5.06 Å². The van der Waals surface area contributed by atoms with Crippen LogP contribution >= 0.6 is 0 Å². The Hall–Kier alpha value is -2.10. The largest absolute Gasteiger partial charge is 0.416 e. The first-order valence-corrected chi connectivity index (χ1v) is 8.91. The number of alkyl halides is 6. The van der Waals surface area contributed by atoms with Gasteiger partial charge in [0, 0.05) is 6.54 Å². The average Bonchev–Trinajstić information content (AvgIpc) is 2.67. The highest BCUT2D eigenvalue weighted by atomic mass is 19.4. The predicted octanol–water partition coefficient (Wildman–Crippen LogP) is 5.79. The van der Waals surface area contributed by atoms with E-state index in [0.717, 1.165) is 5.56 Å². The van der Waals surface area contributed by atoms with Crippen LogP contribution < -0.4 is 0 Å². The highest BCUT2D eigenvalue weighted by molar-refractivity contribution is 5.34. The number of halogens is 6. The van der Waals surface area contributed by atoms with Gasteiger partial charge in [-0.3, -0.25) is 4.84 Å². The van der Waals surface area contributed by atoms with Crippen LogP contribution in [0.15, 0.2) is 48.5 Å². The van der Waals surface area contributed by atoms with Crippen LogP contribution in [0.1, 0.15) is 41.3 Å². The Kier molecular flexibility index (Phi) is 6.21. The summed E-state index contributed by atoms with van der Waals surface area (Å²) in [5.41, 5.74) is -2.05. The third-order valence-corrected chi connectivity index (χ3v) is 4.64. The summed E-state index contributed by atoms with van der Waals surface area (Å²) in [6.45, 7) is 2.39. The van der Waals surface area contributed by atoms with Crippen LogP contribution in [0, 0.1) is 0 Å². The highest BCUT2D eigenvalue weighted by Crippen LogP contribution is 2.38. The number of rotatable bonds is 4. The number of hydrogen-bond acceptors (Lipinski definition) is 3. The minimum Gasteiger partial charge on any atom is -0.378 e.